The molecule has 0 heterocycles. The lowest BCUT2D eigenvalue weighted by molar-refractivity contribution is -0.118. The molecule has 0 radical (unpaired) electrons. The van der Waals surface area contributed by atoms with Crippen LogP contribution < -0.4 is 14.8 Å². The van der Waals surface area contributed by atoms with E-state index in [-0.39, 0.29) is 28.6 Å². The van der Waals surface area contributed by atoms with Crippen LogP contribution in [0.2, 0.25) is 5.02 Å². The molecule has 7 heteroatoms. The highest BCUT2D eigenvalue weighted by Gasteiger charge is 2.10. The zero-order valence-electron chi connectivity index (χ0n) is 12.1. The first-order valence-corrected chi connectivity index (χ1v) is 6.92. The van der Waals surface area contributed by atoms with Crippen LogP contribution in [0, 0.1) is 5.82 Å². The van der Waals surface area contributed by atoms with E-state index in [4.69, 9.17) is 21.1 Å². The third-order valence-corrected chi connectivity index (χ3v) is 3.22. The van der Waals surface area contributed by atoms with Gasteiger partial charge < -0.3 is 14.8 Å². The molecule has 5 nitrogen and oxygen atoms in total. The van der Waals surface area contributed by atoms with Gasteiger partial charge in [-0.25, -0.2) is 4.39 Å². The summed E-state index contributed by atoms with van der Waals surface area (Å²) in [5.74, 6) is -0.243. The second-order valence-electron chi connectivity index (χ2n) is 4.48. The van der Waals surface area contributed by atoms with Crippen molar-refractivity contribution in [3.63, 3.8) is 0 Å². The zero-order valence-corrected chi connectivity index (χ0v) is 12.9. The number of carbonyl (C=O) groups excluding carboxylic acids is 2. The highest BCUT2D eigenvalue weighted by molar-refractivity contribution is 6.33. The van der Waals surface area contributed by atoms with Crippen LogP contribution in [0.15, 0.2) is 36.4 Å². The number of hydrogen-bond acceptors (Lipinski definition) is 4. The predicted molar refractivity (Wildman–Crippen MR) is 83.9 cm³/mol. The van der Waals surface area contributed by atoms with E-state index in [0.29, 0.717) is 12.0 Å². The highest BCUT2D eigenvalue weighted by Crippen LogP contribution is 2.24. The summed E-state index contributed by atoms with van der Waals surface area (Å²) in [6.45, 7) is -0.332. The van der Waals surface area contributed by atoms with Gasteiger partial charge >= 0.3 is 0 Å². The second-order valence-corrected chi connectivity index (χ2v) is 4.89. The molecule has 0 aromatic heterocycles. The maximum Gasteiger partial charge on any atom is 0.262 e. The van der Waals surface area contributed by atoms with Crippen LogP contribution in [0.5, 0.6) is 11.5 Å². The fraction of sp³-hybridized carbons (Fsp3) is 0.125. The van der Waals surface area contributed by atoms with Crippen molar-refractivity contribution >= 4 is 29.5 Å². The van der Waals surface area contributed by atoms with Crippen molar-refractivity contribution in [1.82, 2.24) is 0 Å². The lowest BCUT2D eigenvalue weighted by Crippen LogP contribution is -2.20. The highest BCUT2D eigenvalue weighted by atomic mass is 35.5. The Morgan fingerprint density at radius 2 is 2.09 bits per heavy atom. The van der Waals surface area contributed by atoms with Crippen molar-refractivity contribution in [1.29, 1.82) is 0 Å². The number of methoxy groups -OCH3 is 1. The molecule has 1 amide bonds. The van der Waals surface area contributed by atoms with E-state index in [1.54, 1.807) is 6.07 Å². The zero-order chi connectivity index (χ0) is 16.8. The van der Waals surface area contributed by atoms with E-state index < -0.39 is 11.7 Å². The summed E-state index contributed by atoms with van der Waals surface area (Å²) in [6.07, 6.45) is 0.604. The first-order valence-electron chi connectivity index (χ1n) is 6.54. The maximum absolute atomic E-state index is 12.9. The topological polar surface area (TPSA) is 64.6 Å². The summed E-state index contributed by atoms with van der Waals surface area (Å²) < 4.78 is 23.2. The van der Waals surface area contributed by atoms with Crippen molar-refractivity contribution < 1.29 is 23.5 Å². The number of rotatable bonds is 6. The van der Waals surface area contributed by atoms with Crippen molar-refractivity contribution in [2.75, 3.05) is 19.0 Å². The summed E-state index contributed by atoms with van der Waals surface area (Å²) in [7, 11) is 1.48. The van der Waals surface area contributed by atoms with Crippen LogP contribution in [0.25, 0.3) is 0 Å². The van der Waals surface area contributed by atoms with Crippen LogP contribution in [0.3, 0.4) is 0 Å². The number of amides is 1. The predicted octanol–water partition coefficient (Wildman–Crippen LogP) is 3.32. The Morgan fingerprint density at radius 1 is 1.30 bits per heavy atom. The molecule has 1 N–H and O–H groups in total. The van der Waals surface area contributed by atoms with Gasteiger partial charge in [0.15, 0.2) is 12.9 Å². The minimum Gasteiger partial charge on any atom is -0.497 e. The quantitative estimate of drug-likeness (QED) is 0.821. The van der Waals surface area contributed by atoms with Gasteiger partial charge in [0.25, 0.3) is 5.91 Å². The standard InChI is InChI=1S/C16H13ClFNO4/c1-22-12-3-5-15(10(6-12)8-20)23-9-16(21)19-14-4-2-11(18)7-13(14)17/h2-8H,9H2,1H3,(H,19,21). The number of hydrogen-bond donors (Lipinski definition) is 1. The fourth-order valence-corrected chi connectivity index (χ4v) is 2.01. The number of halogens is 2. The van der Waals surface area contributed by atoms with Gasteiger partial charge in [0.2, 0.25) is 0 Å². The van der Waals surface area contributed by atoms with Crippen LogP contribution in [0.1, 0.15) is 10.4 Å². The summed E-state index contributed by atoms with van der Waals surface area (Å²) in [5.41, 5.74) is 0.531. The Bertz CT molecular complexity index is 736. The number of aldehydes is 1. The van der Waals surface area contributed by atoms with Crippen LogP contribution >= 0.6 is 11.6 Å². The molecule has 0 atom stereocenters. The molecule has 0 saturated carbocycles. The molecule has 0 fully saturated rings. The minimum absolute atomic E-state index is 0.0800. The molecular formula is C16H13ClFNO4. The molecule has 0 spiro atoms. The van der Waals surface area contributed by atoms with Gasteiger partial charge in [-0.1, -0.05) is 11.6 Å². The fourth-order valence-electron chi connectivity index (χ4n) is 1.80. The Kier molecular flexibility index (Phi) is 5.54. The molecule has 0 aliphatic rings. The summed E-state index contributed by atoms with van der Waals surface area (Å²) in [5, 5.41) is 2.57. The van der Waals surface area contributed by atoms with Gasteiger partial charge in [-0.3, -0.25) is 9.59 Å². The third kappa shape index (κ3) is 4.43. The Balaban J connectivity index is 2.00. The monoisotopic (exact) mass is 337 g/mol. The Hall–Kier alpha value is -2.60. The molecule has 2 aromatic rings. The van der Waals surface area contributed by atoms with E-state index in [1.807, 2.05) is 0 Å². The lowest BCUT2D eigenvalue weighted by atomic mass is 10.2. The minimum atomic E-state index is -0.502. The average Bonchev–Trinajstić information content (AvgIpc) is 2.55. The van der Waals surface area contributed by atoms with Crippen LogP contribution in [-0.4, -0.2) is 25.9 Å². The van der Waals surface area contributed by atoms with Gasteiger partial charge in [0.05, 0.1) is 23.4 Å². The van der Waals surface area contributed by atoms with Crippen molar-refractivity contribution in [2.24, 2.45) is 0 Å². The molecule has 2 rings (SSSR count). The maximum atomic E-state index is 12.9. The van der Waals surface area contributed by atoms with Gasteiger partial charge in [-0.2, -0.15) is 0 Å². The summed E-state index contributed by atoms with van der Waals surface area (Å²) >= 11 is 5.82. The van der Waals surface area contributed by atoms with Crippen LogP contribution in [0.4, 0.5) is 10.1 Å². The summed E-state index contributed by atoms with van der Waals surface area (Å²) in [4.78, 5) is 22.9. The molecule has 0 saturated heterocycles. The number of nitrogens with one attached hydrogen (secondary N) is 1. The molecule has 120 valence electrons. The summed E-state index contributed by atoms with van der Waals surface area (Å²) in [6, 6.07) is 8.25. The number of ether oxygens (including phenoxy) is 2. The van der Waals surface area contributed by atoms with Gasteiger partial charge in [-0.05, 0) is 36.4 Å². The third-order valence-electron chi connectivity index (χ3n) is 2.91. The largest absolute Gasteiger partial charge is 0.497 e. The number of anilines is 1. The van der Waals surface area contributed by atoms with Crippen molar-refractivity contribution in [2.45, 2.75) is 0 Å². The first kappa shape index (κ1) is 16.8. The van der Waals surface area contributed by atoms with Gasteiger partial charge in [0.1, 0.15) is 17.3 Å². The number of benzene rings is 2. The smallest absolute Gasteiger partial charge is 0.262 e. The van der Waals surface area contributed by atoms with Crippen molar-refractivity contribution in [3.8, 4) is 11.5 Å². The lowest BCUT2D eigenvalue weighted by Gasteiger charge is -2.11. The second kappa shape index (κ2) is 7.60. The molecular weight excluding hydrogens is 325 g/mol. The molecule has 0 aliphatic carbocycles. The van der Waals surface area contributed by atoms with E-state index in [0.717, 1.165) is 6.07 Å². The van der Waals surface area contributed by atoms with Crippen LogP contribution in [-0.2, 0) is 4.79 Å². The first-order chi connectivity index (χ1) is 11.0. The Morgan fingerprint density at radius 3 is 2.74 bits per heavy atom. The van der Waals surface area contributed by atoms with E-state index in [1.165, 1.54) is 31.4 Å². The van der Waals surface area contributed by atoms with Gasteiger partial charge in [-0.15, -0.1) is 0 Å². The van der Waals surface area contributed by atoms with E-state index in [2.05, 4.69) is 5.32 Å². The SMILES string of the molecule is COc1ccc(OCC(=O)Nc2ccc(F)cc2Cl)c(C=O)c1. The Labute approximate surface area is 137 Å². The van der Waals surface area contributed by atoms with Gasteiger partial charge in [0, 0.05) is 0 Å². The molecule has 0 aliphatic heterocycles. The average molecular weight is 338 g/mol. The normalized spacial score (nSPS) is 10.0. The molecule has 0 bridgehead atoms. The molecule has 2 aromatic carbocycles. The van der Waals surface area contributed by atoms with E-state index >= 15 is 0 Å². The van der Waals surface area contributed by atoms with E-state index in [9.17, 15) is 14.0 Å². The molecule has 0 unspecified atom stereocenters. The number of carbonyl (C=O) groups is 2. The van der Waals surface area contributed by atoms with Crippen molar-refractivity contribution in [3.05, 3.63) is 52.8 Å². The molecule has 23 heavy (non-hydrogen) atoms.